The van der Waals surface area contributed by atoms with E-state index in [1.165, 1.54) is 48.5 Å². The van der Waals surface area contributed by atoms with Gasteiger partial charge in [0.1, 0.15) is 0 Å². The van der Waals surface area contributed by atoms with Crippen molar-refractivity contribution >= 4 is 56.8 Å². The van der Waals surface area contributed by atoms with E-state index in [2.05, 4.69) is 72.7 Å². The van der Waals surface area contributed by atoms with Gasteiger partial charge in [-0.2, -0.15) is 0 Å². The molecule has 0 saturated heterocycles. The molecule has 1 radical (unpaired) electrons. The summed E-state index contributed by atoms with van der Waals surface area (Å²) in [5.41, 5.74) is 3.62. The first-order valence-electron chi connectivity index (χ1n) is 15.0. The van der Waals surface area contributed by atoms with Gasteiger partial charge < -0.3 is 5.11 Å². The number of hydrogen-bond donors (Lipinski definition) is 1. The minimum absolute atomic E-state index is 0. The number of ketones is 1. The van der Waals surface area contributed by atoms with Gasteiger partial charge in [0, 0.05) is 38.0 Å². The number of aliphatic hydroxyl groups excluding tert-OH is 1. The van der Waals surface area contributed by atoms with E-state index >= 15 is 0 Å². The minimum Gasteiger partial charge on any atom is 0 e. The molecule has 3 nitrogen and oxygen atoms in total. The van der Waals surface area contributed by atoms with Gasteiger partial charge >= 0.3 is 161 Å². The van der Waals surface area contributed by atoms with E-state index in [9.17, 15) is 9.90 Å². The average Bonchev–Trinajstić information content (AvgIpc) is 2.95. The standard InChI is InChI=1S/C23H20GeNS.C13H24O2.Ir/c1-14-17-8-6-5-7-16(17)13-18-21-20-15(11-12-25-21)9-10-19(24(2,3)4)23(20)26-22(14)18;1-5-10(6-2)12(14)9-13(15)11(7-3)8-4;/h5-12H,1-4H3;9-11,14H,5-8H2,1-4H3;/q-1;;/b;12-9-;. The van der Waals surface area contributed by atoms with Gasteiger partial charge in [0.05, 0.1) is 5.76 Å². The summed E-state index contributed by atoms with van der Waals surface area (Å²) in [7, 11) is 0. The summed E-state index contributed by atoms with van der Waals surface area (Å²) < 4.78 is 1.58. The van der Waals surface area contributed by atoms with Crippen molar-refractivity contribution in [3.05, 3.63) is 72.1 Å². The number of rotatable bonds is 8. The summed E-state index contributed by atoms with van der Waals surface area (Å²) in [6, 6.07) is 19.1. The van der Waals surface area contributed by atoms with Crippen LogP contribution in [0.1, 0.15) is 58.9 Å². The van der Waals surface area contributed by atoms with Crippen LogP contribution in [-0.2, 0) is 24.9 Å². The molecular weight excluding hydrogens is 775 g/mol. The van der Waals surface area contributed by atoms with E-state index in [4.69, 9.17) is 4.98 Å². The van der Waals surface area contributed by atoms with Gasteiger partial charge in [-0.1, -0.05) is 27.7 Å². The molecule has 225 valence electrons. The van der Waals surface area contributed by atoms with E-state index in [-0.39, 0.29) is 43.5 Å². The summed E-state index contributed by atoms with van der Waals surface area (Å²) >= 11 is -0.0529. The quantitative estimate of drug-likeness (QED) is 0.0734. The van der Waals surface area contributed by atoms with Crippen molar-refractivity contribution in [1.82, 2.24) is 4.98 Å². The number of aliphatic hydroxyl groups is 1. The molecule has 3 aromatic carbocycles. The largest absolute Gasteiger partial charge is 0 e. The fourth-order valence-electron chi connectivity index (χ4n) is 5.72. The smallest absolute Gasteiger partial charge is 0 e. The minimum atomic E-state index is -2.00. The second kappa shape index (κ2) is 14.7. The number of aromatic nitrogens is 1. The molecule has 5 rings (SSSR count). The first-order valence-corrected chi connectivity index (χ1v) is 23.2. The third-order valence-corrected chi connectivity index (χ3v) is 14.4. The number of hydrogen-bond acceptors (Lipinski definition) is 4. The Bertz CT molecular complexity index is 1600. The zero-order chi connectivity index (χ0) is 29.9. The molecule has 1 N–H and O–H groups in total. The Morgan fingerprint density at radius 2 is 1.60 bits per heavy atom. The zero-order valence-corrected chi connectivity index (χ0v) is 31.5. The van der Waals surface area contributed by atoms with Crippen LogP contribution < -0.4 is 4.40 Å². The second-order valence-electron chi connectivity index (χ2n) is 12.1. The summed E-state index contributed by atoms with van der Waals surface area (Å²) in [6.45, 7) is 10.3. The van der Waals surface area contributed by atoms with Gasteiger partial charge in [0.2, 0.25) is 0 Å². The summed E-state index contributed by atoms with van der Waals surface area (Å²) in [4.78, 5) is 19.3. The SMILES string of the molecule is CCC(CC)C(=O)/C=C(\O)C(CC)CC.Cc1c2c([c-]c3ccccc13)-c1nccc3cc[c]([Ge]([CH3])([CH3])[CH3])c(c13)S2.[Ir]. The monoisotopic (exact) mass is 821 g/mol. The van der Waals surface area contributed by atoms with Crippen LogP contribution >= 0.6 is 11.8 Å². The molecule has 0 spiro atoms. The molecule has 4 aromatic rings. The molecule has 0 atom stereocenters. The van der Waals surface area contributed by atoms with Crippen LogP contribution in [0.15, 0.2) is 70.3 Å². The number of fused-ring (bicyclic) bond motifs is 3. The van der Waals surface area contributed by atoms with E-state index in [0.29, 0.717) is 0 Å². The Labute approximate surface area is 272 Å². The van der Waals surface area contributed by atoms with Gasteiger partial charge in [-0.15, -0.1) is 0 Å². The Morgan fingerprint density at radius 3 is 2.21 bits per heavy atom. The molecule has 1 aliphatic rings. The molecular formula is C36H44GeIrNO2S-. The first kappa shape index (κ1) is 34.6. The Balaban J connectivity index is 0.000000263. The van der Waals surface area contributed by atoms with Gasteiger partial charge in [0.25, 0.3) is 0 Å². The van der Waals surface area contributed by atoms with Crippen molar-refractivity contribution in [2.45, 2.75) is 87.4 Å². The predicted octanol–water partition coefficient (Wildman–Crippen LogP) is 10.0. The van der Waals surface area contributed by atoms with Crippen LogP contribution in [0, 0.1) is 24.8 Å². The topological polar surface area (TPSA) is 50.2 Å². The Kier molecular flexibility index (Phi) is 12.1. The van der Waals surface area contributed by atoms with Crippen LogP contribution in [0.4, 0.5) is 0 Å². The molecule has 0 saturated carbocycles. The van der Waals surface area contributed by atoms with Crippen molar-refractivity contribution in [1.29, 1.82) is 0 Å². The van der Waals surface area contributed by atoms with Crippen molar-refractivity contribution in [2.75, 3.05) is 0 Å². The van der Waals surface area contributed by atoms with E-state index in [1.54, 1.807) is 4.40 Å². The molecule has 1 aliphatic heterocycles. The van der Waals surface area contributed by atoms with E-state index in [1.807, 2.05) is 45.7 Å². The van der Waals surface area contributed by atoms with Crippen LogP contribution in [0.2, 0.25) is 17.3 Å². The molecule has 0 amide bonds. The second-order valence-corrected chi connectivity index (χ2v) is 23.6. The molecule has 0 fully saturated rings. The maximum absolute atomic E-state index is 11.7. The fraction of sp³-hybridized carbons (Fsp3) is 0.389. The van der Waals surface area contributed by atoms with Crippen LogP contribution in [0.25, 0.3) is 32.8 Å². The number of nitrogens with zero attached hydrogens (tertiary/aromatic N) is 1. The van der Waals surface area contributed by atoms with Crippen molar-refractivity contribution < 1.29 is 30.0 Å². The predicted molar refractivity (Wildman–Crippen MR) is 179 cm³/mol. The molecule has 1 aromatic heterocycles. The molecule has 0 aliphatic carbocycles. The van der Waals surface area contributed by atoms with Crippen LogP contribution in [0.3, 0.4) is 0 Å². The van der Waals surface area contributed by atoms with Gasteiger partial charge in [-0.3, -0.25) is 4.79 Å². The summed E-state index contributed by atoms with van der Waals surface area (Å²) in [6.07, 6.45) is 6.85. The Morgan fingerprint density at radius 1 is 0.952 bits per heavy atom. The molecule has 0 unspecified atom stereocenters. The zero-order valence-electron chi connectivity index (χ0n) is 26.2. The molecule has 0 bridgehead atoms. The summed E-state index contributed by atoms with van der Waals surface area (Å²) in [5.74, 6) is 7.97. The fourth-order valence-corrected chi connectivity index (χ4v) is 11.8. The van der Waals surface area contributed by atoms with Crippen LogP contribution in [-0.4, -0.2) is 29.1 Å². The van der Waals surface area contributed by atoms with Crippen LogP contribution in [0.5, 0.6) is 0 Å². The maximum Gasteiger partial charge on any atom is 0 e. The van der Waals surface area contributed by atoms with E-state index < -0.39 is 13.3 Å². The molecule has 42 heavy (non-hydrogen) atoms. The van der Waals surface area contributed by atoms with Gasteiger partial charge in [-0.25, -0.2) is 0 Å². The van der Waals surface area contributed by atoms with Gasteiger partial charge in [-0.05, 0) is 25.7 Å². The number of pyridine rings is 1. The van der Waals surface area contributed by atoms with Crippen molar-refractivity contribution in [3.63, 3.8) is 0 Å². The van der Waals surface area contributed by atoms with E-state index in [0.717, 1.165) is 31.4 Å². The third-order valence-electron chi connectivity index (χ3n) is 8.37. The van der Waals surface area contributed by atoms with Crippen molar-refractivity contribution in [2.24, 2.45) is 11.8 Å². The number of benzene rings is 3. The number of aryl methyl sites for hydroxylation is 1. The number of carbonyl (C=O) groups is 1. The number of carbonyl (C=O) groups excluding carboxylic acids is 1. The average molecular weight is 820 g/mol. The van der Waals surface area contributed by atoms with Crippen molar-refractivity contribution in [3.8, 4) is 11.3 Å². The normalized spacial score (nSPS) is 12.7. The molecule has 6 heteroatoms. The van der Waals surface area contributed by atoms with Gasteiger partial charge in [0.15, 0.2) is 5.78 Å². The maximum atomic E-state index is 11.7. The number of allylic oxidation sites excluding steroid dienone is 2. The Hall–Kier alpha value is -1.92. The third kappa shape index (κ3) is 7.07. The summed E-state index contributed by atoms with van der Waals surface area (Å²) in [5, 5.41) is 14.8. The molecule has 2 heterocycles. The first-order chi connectivity index (χ1) is 19.5.